The number of alkyl halides is 3. The normalized spacial score (nSPS) is 34.2. The largest absolute Gasteiger partial charge is 0.356 e. The zero-order valence-electron chi connectivity index (χ0n) is 5.23. The molecule has 1 saturated heterocycles. The molecule has 1 rings (SSSR count). The maximum Gasteiger partial charge on any atom is 0.356 e. The summed E-state index contributed by atoms with van der Waals surface area (Å²) >= 11 is 0. The second-order valence-electron chi connectivity index (χ2n) is 2.32. The molecule has 0 aliphatic carbocycles. The van der Waals surface area contributed by atoms with Gasteiger partial charge in [0.2, 0.25) is 0 Å². The van der Waals surface area contributed by atoms with Crippen LogP contribution in [-0.2, 0) is 0 Å². The minimum atomic E-state index is -3.68. The third-order valence-electron chi connectivity index (χ3n) is 1.55. The molecule has 1 fully saturated rings. The minimum absolute atomic E-state index is 0.159. The van der Waals surface area contributed by atoms with E-state index >= 15 is 0 Å². The lowest BCUT2D eigenvalue weighted by Gasteiger charge is -2.32. The SMILES string of the molecule is ON1CCCC(F)C1(F)F. The van der Waals surface area contributed by atoms with Crippen molar-refractivity contribution in [3.05, 3.63) is 0 Å². The molecule has 60 valence electrons. The topological polar surface area (TPSA) is 23.5 Å². The molecule has 0 aromatic rings. The zero-order chi connectivity index (χ0) is 7.78. The number of hydrogen-bond acceptors (Lipinski definition) is 2. The lowest BCUT2D eigenvalue weighted by atomic mass is 10.1. The first-order chi connectivity index (χ1) is 4.55. The number of hydrogen-bond donors (Lipinski definition) is 1. The van der Waals surface area contributed by atoms with E-state index in [2.05, 4.69) is 0 Å². The highest BCUT2D eigenvalue weighted by Crippen LogP contribution is 2.31. The molecule has 1 aliphatic heterocycles. The van der Waals surface area contributed by atoms with E-state index in [0.29, 0.717) is 0 Å². The van der Waals surface area contributed by atoms with E-state index in [1.807, 2.05) is 0 Å². The molecule has 0 bridgehead atoms. The Morgan fingerprint density at radius 1 is 1.50 bits per heavy atom. The highest BCUT2D eigenvalue weighted by Gasteiger charge is 2.48. The molecule has 1 aliphatic rings. The monoisotopic (exact) mass is 155 g/mol. The smallest absolute Gasteiger partial charge is 0.309 e. The second-order valence-corrected chi connectivity index (χ2v) is 2.32. The van der Waals surface area contributed by atoms with Gasteiger partial charge in [-0.3, -0.25) is 0 Å². The van der Waals surface area contributed by atoms with Crippen LogP contribution in [0.1, 0.15) is 12.8 Å². The Morgan fingerprint density at radius 2 is 2.10 bits per heavy atom. The molecule has 10 heavy (non-hydrogen) atoms. The Hall–Kier alpha value is -0.290. The van der Waals surface area contributed by atoms with Crippen LogP contribution in [0, 0.1) is 0 Å². The number of hydroxylamine groups is 2. The van der Waals surface area contributed by atoms with Gasteiger partial charge in [-0.05, 0) is 12.8 Å². The highest BCUT2D eigenvalue weighted by molar-refractivity contribution is 4.78. The predicted octanol–water partition coefficient (Wildman–Crippen LogP) is 1.40. The average Bonchev–Trinajstić information content (AvgIpc) is 1.84. The van der Waals surface area contributed by atoms with Crippen LogP contribution in [0.2, 0.25) is 0 Å². The van der Waals surface area contributed by atoms with E-state index in [1.54, 1.807) is 0 Å². The van der Waals surface area contributed by atoms with Gasteiger partial charge in [-0.25, -0.2) is 4.39 Å². The summed E-state index contributed by atoms with van der Waals surface area (Å²) in [7, 11) is 0. The molecule has 0 saturated carbocycles. The molecule has 1 heterocycles. The summed E-state index contributed by atoms with van der Waals surface area (Å²) in [6.45, 7) is -0.159. The Morgan fingerprint density at radius 3 is 2.50 bits per heavy atom. The molecule has 0 aromatic carbocycles. The molecular formula is C5H8F3NO. The van der Waals surface area contributed by atoms with Gasteiger partial charge in [0, 0.05) is 6.54 Å². The third-order valence-corrected chi connectivity index (χ3v) is 1.55. The van der Waals surface area contributed by atoms with Crippen LogP contribution in [0.4, 0.5) is 13.2 Å². The summed E-state index contributed by atoms with van der Waals surface area (Å²) in [5.41, 5.74) is 0. The molecule has 1 atom stereocenters. The first-order valence-corrected chi connectivity index (χ1v) is 3.03. The standard InChI is InChI=1S/C5H8F3NO/c6-4-2-1-3-9(10)5(4,7)8/h4,10H,1-3H2. The van der Waals surface area contributed by atoms with Gasteiger partial charge in [-0.1, -0.05) is 0 Å². The molecule has 2 nitrogen and oxygen atoms in total. The van der Waals surface area contributed by atoms with E-state index in [0.717, 1.165) is 0 Å². The molecule has 5 heteroatoms. The zero-order valence-corrected chi connectivity index (χ0v) is 5.23. The molecule has 0 radical (unpaired) electrons. The number of piperidine rings is 1. The van der Waals surface area contributed by atoms with Gasteiger partial charge in [-0.2, -0.15) is 8.78 Å². The molecule has 1 N–H and O–H groups in total. The maximum absolute atomic E-state index is 12.3. The average molecular weight is 155 g/mol. The number of halogens is 3. The van der Waals surface area contributed by atoms with Crippen LogP contribution in [-0.4, -0.2) is 29.0 Å². The summed E-state index contributed by atoms with van der Waals surface area (Å²) < 4.78 is 36.8. The van der Waals surface area contributed by atoms with E-state index in [9.17, 15) is 13.2 Å². The minimum Gasteiger partial charge on any atom is -0.309 e. The van der Waals surface area contributed by atoms with Gasteiger partial charge in [0.05, 0.1) is 0 Å². The van der Waals surface area contributed by atoms with Gasteiger partial charge in [0.25, 0.3) is 0 Å². The quantitative estimate of drug-likeness (QED) is 0.534. The van der Waals surface area contributed by atoms with E-state index < -0.39 is 12.2 Å². The van der Waals surface area contributed by atoms with Crippen LogP contribution in [0.3, 0.4) is 0 Å². The summed E-state index contributed by atoms with van der Waals surface area (Å²) in [6.07, 6.45) is -2.14. The Labute approximate surface area is 56.2 Å². The van der Waals surface area contributed by atoms with Gasteiger partial charge in [0.1, 0.15) is 0 Å². The van der Waals surface area contributed by atoms with Crippen molar-refractivity contribution in [2.75, 3.05) is 6.54 Å². The van der Waals surface area contributed by atoms with Crippen molar-refractivity contribution in [2.45, 2.75) is 25.1 Å². The van der Waals surface area contributed by atoms with Crippen molar-refractivity contribution >= 4 is 0 Å². The Bertz CT molecular complexity index is 118. The van der Waals surface area contributed by atoms with E-state index in [-0.39, 0.29) is 24.4 Å². The molecule has 1 unspecified atom stereocenters. The summed E-state index contributed by atoms with van der Waals surface area (Å²) in [5.74, 6) is 0. The third kappa shape index (κ3) is 1.11. The van der Waals surface area contributed by atoms with Gasteiger partial charge in [0.15, 0.2) is 6.17 Å². The van der Waals surface area contributed by atoms with Crippen molar-refractivity contribution in [3.63, 3.8) is 0 Å². The summed E-state index contributed by atoms with van der Waals surface area (Å²) in [5, 5.41) is 8.22. The van der Waals surface area contributed by atoms with Crippen molar-refractivity contribution in [3.8, 4) is 0 Å². The first-order valence-electron chi connectivity index (χ1n) is 3.03. The molecule has 0 aromatic heterocycles. The van der Waals surface area contributed by atoms with Crippen molar-refractivity contribution in [1.29, 1.82) is 0 Å². The van der Waals surface area contributed by atoms with Gasteiger partial charge >= 0.3 is 6.05 Å². The van der Waals surface area contributed by atoms with E-state index in [1.165, 1.54) is 0 Å². The predicted molar refractivity (Wildman–Crippen MR) is 27.6 cm³/mol. The molecule has 0 spiro atoms. The second kappa shape index (κ2) is 2.39. The number of rotatable bonds is 0. The lowest BCUT2D eigenvalue weighted by Crippen LogP contribution is -2.50. The molecule has 0 amide bonds. The van der Waals surface area contributed by atoms with Crippen molar-refractivity contribution < 1.29 is 18.4 Å². The van der Waals surface area contributed by atoms with Crippen LogP contribution in [0.25, 0.3) is 0 Å². The van der Waals surface area contributed by atoms with Crippen molar-refractivity contribution in [1.82, 2.24) is 5.06 Å². The van der Waals surface area contributed by atoms with Gasteiger partial charge in [-0.15, -0.1) is 5.06 Å². The fourth-order valence-corrected chi connectivity index (χ4v) is 0.905. The summed E-state index contributed by atoms with van der Waals surface area (Å²) in [6, 6.07) is -3.68. The summed E-state index contributed by atoms with van der Waals surface area (Å²) in [4.78, 5) is 0. The maximum atomic E-state index is 12.3. The van der Waals surface area contributed by atoms with Crippen LogP contribution < -0.4 is 0 Å². The molecular weight excluding hydrogens is 147 g/mol. The van der Waals surface area contributed by atoms with Crippen LogP contribution in [0.5, 0.6) is 0 Å². The first kappa shape index (κ1) is 7.81. The van der Waals surface area contributed by atoms with Crippen LogP contribution >= 0.6 is 0 Å². The Balaban J connectivity index is 2.63. The van der Waals surface area contributed by atoms with Crippen LogP contribution in [0.15, 0.2) is 0 Å². The fourth-order valence-electron chi connectivity index (χ4n) is 0.905. The number of nitrogens with zero attached hydrogens (tertiary/aromatic N) is 1. The Kier molecular flexibility index (Phi) is 1.87. The van der Waals surface area contributed by atoms with Gasteiger partial charge < -0.3 is 5.21 Å². The lowest BCUT2D eigenvalue weighted by molar-refractivity contribution is -0.325. The van der Waals surface area contributed by atoms with E-state index in [4.69, 9.17) is 5.21 Å². The van der Waals surface area contributed by atoms with Crippen molar-refractivity contribution in [2.24, 2.45) is 0 Å². The fraction of sp³-hybridized carbons (Fsp3) is 1.00. The highest BCUT2D eigenvalue weighted by atomic mass is 19.3.